The average molecular weight is 497 g/mol. The molecule has 0 radical (unpaired) electrons. The van der Waals surface area contributed by atoms with Crippen LogP contribution in [0.5, 0.6) is 0 Å². The highest BCUT2D eigenvalue weighted by molar-refractivity contribution is 7.99. The highest BCUT2D eigenvalue weighted by Crippen LogP contribution is 2.32. The number of fused-ring (bicyclic) bond motifs is 1. The predicted molar refractivity (Wildman–Crippen MR) is 136 cm³/mol. The number of hydrogen-bond acceptors (Lipinski definition) is 7. The van der Waals surface area contributed by atoms with Crippen molar-refractivity contribution in [3.05, 3.63) is 75.2 Å². The van der Waals surface area contributed by atoms with E-state index in [1.165, 1.54) is 27.2 Å². The zero-order valence-corrected chi connectivity index (χ0v) is 20.1. The molecule has 0 unspecified atom stereocenters. The van der Waals surface area contributed by atoms with Gasteiger partial charge in [-0.3, -0.25) is 19.0 Å². The van der Waals surface area contributed by atoms with Crippen LogP contribution in [0, 0.1) is 6.92 Å². The van der Waals surface area contributed by atoms with E-state index in [0.29, 0.717) is 20.4 Å². The smallest absolute Gasteiger partial charge is 0.263 e. The number of aryl methyl sites for hydroxylation is 1. The summed E-state index contributed by atoms with van der Waals surface area (Å²) in [5, 5.41) is 7.71. The summed E-state index contributed by atoms with van der Waals surface area (Å²) in [4.78, 5) is 42.6. The van der Waals surface area contributed by atoms with E-state index in [1.54, 1.807) is 17.5 Å². The van der Waals surface area contributed by atoms with Crippen LogP contribution in [0.2, 0.25) is 0 Å². The predicted octanol–water partition coefficient (Wildman–Crippen LogP) is 4.51. The van der Waals surface area contributed by atoms with Crippen LogP contribution in [0.15, 0.2) is 63.7 Å². The molecule has 3 N–H and O–H groups in total. The van der Waals surface area contributed by atoms with Crippen molar-refractivity contribution in [1.29, 1.82) is 0 Å². The monoisotopic (exact) mass is 496 g/mol. The van der Waals surface area contributed by atoms with Crippen molar-refractivity contribution in [3.63, 3.8) is 0 Å². The number of allylic oxidation sites excluding steroid dienone is 1. The van der Waals surface area contributed by atoms with Crippen LogP contribution < -0.4 is 16.6 Å². The molecule has 7 nitrogen and oxygen atoms in total. The van der Waals surface area contributed by atoms with Gasteiger partial charge in [0.05, 0.1) is 16.7 Å². The molecule has 4 rings (SSSR count). The van der Waals surface area contributed by atoms with Crippen molar-refractivity contribution >= 4 is 61.5 Å². The van der Waals surface area contributed by atoms with Gasteiger partial charge in [0.25, 0.3) is 11.5 Å². The molecular formula is C23H20N4O3S3. The van der Waals surface area contributed by atoms with Gasteiger partial charge in [-0.25, -0.2) is 4.98 Å². The van der Waals surface area contributed by atoms with Crippen molar-refractivity contribution in [2.75, 3.05) is 11.1 Å². The number of nitrogens with zero attached hydrogens (tertiary/aromatic N) is 2. The van der Waals surface area contributed by atoms with Crippen LogP contribution in [-0.2, 0) is 11.3 Å². The molecule has 2 amide bonds. The molecule has 0 saturated heterocycles. The minimum absolute atomic E-state index is 0.0153. The first kappa shape index (κ1) is 23.0. The number of anilines is 1. The van der Waals surface area contributed by atoms with Gasteiger partial charge in [-0.2, -0.15) is 0 Å². The van der Waals surface area contributed by atoms with Crippen LogP contribution in [0.3, 0.4) is 0 Å². The lowest BCUT2D eigenvalue weighted by atomic mass is 10.1. The van der Waals surface area contributed by atoms with Gasteiger partial charge in [0, 0.05) is 17.5 Å². The average Bonchev–Trinajstić information content (AvgIpc) is 3.42. The van der Waals surface area contributed by atoms with Crippen LogP contribution in [0.1, 0.15) is 15.9 Å². The number of aromatic nitrogens is 2. The summed E-state index contributed by atoms with van der Waals surface area (Å²) in [5.41, 5.74) is 8.36. The van der Waals surface area contributed by atoms with E-state index in [-0.39, 0.29) is 29.3 Å². The fourth-order valence-electron chi connectivity index (χ4n) is 3.24. The Labute approximate surface area is 202 Å². The molecule has 3 aromatic heterocycles. The molecule has 10 heteroatoms. The van der Waals surface area contributed by atoms with Gasteiger partial charge >= 0.3 is 0 Å². The lowest BCUT2D eigenvalue weighted by Gasteiger charge is -2.11. The van der Waals surface area contributed by atoms with Crippen LogP contribution in [0.25, 0.3) is 21.3 Å². The number of carbonyl (C=O) groups is 2. The molecule has 0 saturated carbocycles. The number of thiophene rings is 2. The SMILES string of the molecule is C=CCn1c(SCC(=O)Nc2sccc2C(N)=O)nc2scc(-c3ccc(C)cc3)c2c1=O. The first-order valence-corrected chi connectivity index (χ1v) is 12.6. The highest BCUT2D eigenvalue weighted by atomic mass is 32.2. The Bertz CT molecular complexity index is 1420. The number of thioether (sulfide) groups is 1. The Hall–Kier alpha value is -3.21. The lowest BCUT2D eigenvalue weighted by Crippen LogP contribution is -2.23. The Morgan fingerprint density at radius 1 is 1.24 bits per heavy atom. The number of primary amides is 1. The van der Waals surface area contributed by atoms with Crippen molar-refractivity contribution < 1.29 is 9.59 Å². The molecule has 0 spiro atoms. The summed E-state index contributed by atoms with van der Waals surface area (Å²) in [6.07, 6.45) is 1.63. The molecule has 0 bridgehead atoms. The van der Waals surface area contributed by atoms with Crippen molar-refractivity contribution in [3.8, 4) is 11.1 Å². The fourth-order valence-corrected chi connectivity index (χ4v) is 5.85. The fraction of sp³-hybridized carbons (Fsp3) is 0.130. The summed E-state index contributed by atoms with van der Waals surface area (Å²) in [6, 6.07) is 9.57. The van der Waals surface area contributed by atoms with E-state index in [2.05, 4.69) is 16.9 Å². The molecule has 168 valence electrons. The first-order valence-electron chi connectivity index (χ1n) is 9.89. The molecule has 4 aromatic rings. The number of nitrogens with one attached hydrogen (secondary N) is 1. The number of carbonyl (C=O) groups excluding carboxylic acids is 2. The van der Waals surface area contributed by atoms with Gasteiger partial charge in [-0.15, -0.1) is 29.3 Å². The molecule has 1 aromatic carbocycles. The maximum atomic E-state index is 13.4. The Morgan fingerprint density at radius 3 is 2.70 bits per heavy atom. The third-order valence-electron chi connectivity index (χ3n) is 4.85. The third kappa shape index (κ3) is 4.77. The minimum Gasteiger partial charge on any atom is -0.366 e. The van der Waals surface area contributed by atoms with E-state index in [0.717, 1.165) is 28.5 Å². The molecule has 0 aliphatic heterocycles. The van der Waals surface area contributed by atoms with Crippen LogP contribution in [0.4, 0.5) is 5.00 Å². The van der Waals surface area contributed by atoms with E-state index in [4.69, 9.17) is 5.73 Å². The second kappa shape index (κ2) is 9.74. The van der Waals surface area contributed by atoms with Crippen molar-refractivity contribution in [2.24, 2.45) is 5.73 Å². The summed E-state index contributed by atoms with van der Waals surface area (Å²) in [6.45, 7) is 6.04. The molecule has 0 aliphatic carbocycles. The molecule has 0 aliphatic rings. The standard InChI is InChI=1S/C23H20N4O3S3/c1-3-9-27-22(30)18-16(14-6-4-13(2)5-7-14)11-32-21(18)26-23(27)33-12-17(28)25-20-15(19(24)29)8-10-31-20/h3-8,10-11H,1,9,12H2,2H3,(H2,24,29)(H,25,28). The molecule has 33 heavy (non-hydrogen) atoms. The normalized spacial score (nSPS) is 10.9. The quantitative estimate of drug-likeness (QED) is 0.212. The maximum absolute atomic E-state index is 13.4. The Balaban J connectivity index is 1.63. The zero-order valence-electron chi connectivity index (χ0n) is 17.7. The summed E-state index contributed by atoms with van der Waals surface area (Å²) in [5.74, 6) is -0.911. The Morgan fingerprint density at radius 2 is 2.00 bits per heavy atom. The van der Waals surface area contributed by atoms with Gasteiger partial charge in [0.15, 0.2) is 5.16 Å². The summed E-state index contributed by atoms with van der Waals surface area (Å²) >= 11 is 3.77. The van der Waals surface area contributed by atoms with E-state index >= 15 is 0 Å². The molecular weight excluding hydrogens is 476 g/mol. The number of nitrogens with two attached hydrogens (primary N) is 1. The van der Waals surface area contributed by atoms with Gasteiger partial charge < -0.3 is 11.1 Å². The van der Waals surface area contributed by atoms with E-state index < -0.39 is 5.91 Å². The van der Waals surface area contributed by atoms with Gasteiger partial charge in [0.1, 0.15) is 9.83 Å². The largest absolute Gasteiger partial charge is 0.366 e. The molecule has 0 atom stereocenters. The van der Waals surface area contributed by atoms with Gasteiger partial charge in [-0.05, 0) is 23.9 Å². The number of rotatable bonds is 8. The second-order valence-corrected chi connectivity index (χ2v) is 9.88. The van der Waals surface area contributed by atoms with E-state index in [1.807, 2.05) is 36.6 Å². The van der Waals surface area contributed by atoms with Crippen LogP contribution in [-0.4, -0.2) is 27.1 Å². The second-order valence-electron chi connectivity index (χ2n) is 7.16. The van der Waals surface area contributed by atoms with Gasteiger partial charge in [0.2, 0.25) is 5.91 Å². The lowest BCUT2D eigenvalue weighted by molar-refractivity contribution is -0.113. The maximum Gasteiger partial charge on any atom is 0.263 e. The molecule has 0 fully saturated rings. The van der Waals surface area contributed by atoms with Crippen molar-refractivity contribution in [2.45, 2.75) is 18.6 Å². The third-order valence-corrected chi connectivity index (χ3v) is 7.53. The zero-order chi connectivity index (χ0) is 23.5. The number of amides is 2. The summed E-state index contributed by atoms with van der Waals surface area (Å²) in [7, 11) is 0. The van der Waals surface area contributed by atoms with Crippen molar-refractivity contribution in [1.82, 2.24) is 9.55 Å². The minimum atomic E-state index is -0.604. The topological polar surface area (TPSA) is 107 Å². The number of hydrogen-bond donors (Lipinski definition) is 2. The molecule has 3 heterocycles. The number of benzene rings is 1. The highest BCUT2D eigenvalue weighted by Gasteiger charge is 2.18. The van der Waals surface area contributed by atoms with Crippen LogP contribution >= 0.6 is 34.4 Å². The summed E-state index contributed by atoms with van der Waals surface area (Å²) < 4.78 is 1.53. The first-order chi connectivity index (χ1) is 15.9. The van der Waals surface area contributed by atoms with Gasteiger partial charge in [-0.1, -0.05) is 47.7 Å². The Kier molecular flexibility index (Phi) is 6.77. The van der Waals surface area contributed by atoms with E-state index in [9.17, 15) is 14.4 Å².